The lowest BCUT2D eigenvalue weighted by atomic mass is 9.89. The molecule has 2 heteroatoms. The fourth-order valence-corrected chi connectivity index (χ4v) is 2.59. The lowest BCUT2D eigenvalue weighted by molar-refractivity contribution is 0.337. The van der Waals surface area contributed by atoms with Crippen molar-refractivity contribution in [1.29, 1.82) is 0 Å². The highest BCUT2D eigenvalue weighted by Gasteiger charge is 2.41. The van der Waals surface area contributed by atoms with Crippen LogP contribution in [0.2, 0.25) is 0 Å². The fraction of sp³-hybridized carbons (Fsp3) is 0.900. The SMILES string of the molecule is CC1CC(C)(C)C2=NCCCN21. The highest BCUT2D eigenvalue weighted by atomic mass is 15.3. The van der Waals surface area contributed by atoms with Crippen molar-refractivity contribution in [2.24, 2.45) is 10.4 Å². The Morgan fingerprint density at radius 1 is 1.50 bits per heavy atom. The molecule has 1 atom stereocenters. The molecular weight excluding hydrogens is 148 g/mol. The van der Waals surface area contributed by atoms with Crippen LogP contribution in [0.4, 0.5) is 0 Å². The number of hydrogen-bond acceptors (Lipinski definition) is 2. The molecule has 0 spiro atoms. The first-order chi connectivity index (χ1) is 5.61. The van der Waals surface area contributed by atoms with Gasteiger partial charge < -0.3 is 4.90 Å². The Hall–Kier alpha value is -0.530. The summed E-state index contributed by atoms with van der Waals surface area (Å²) in [5, 5.41) is 0. The van der Waals surface area contributed by atoms with Gasteiger partial charge in [-0.05, 0) is 19.8 Å². The Kier molecular flexibility index (Phi) is 1.67. The second kappa shape index (κ2) is 2.48. The Morgan fingerprint density at radius 2 is 2.25 bits per heavy atom. The maximum absolute atomic E-state index is 4.64. The van der Waals surface area contributed by atoms with Gasteiger partial charge in [0.2, 0.25) is 0 Å². The van der Waals surface area contributed by atoms with E-state index in [0.29, 0.717) is 11.5 Å². The standard InChI is InChI=1S/C10H18N2/c1-8-7-10(2,3)9-11-5-4-6-12(8)9/h8H,4-7H2,1-3H3. The maximum atomic E-state index is 4.64. The molecule has 2 nitrogen and oxygen atoms in total. The molecule has 0 radical (unpaired) electrons. The van der Waals surface area contributed by atoms with Crippen LogP contribution in [0, 0.1) is 5.41 Å². The molecule has 0 bridgehead atoms. The first-order valence-electron chi connectivity index (χ1n) is 4.93. The second-order valence-corrected chi connectivity index (χ2v) is 4.69. The monoisotopic (exact) mass is 166 g/mol. The summed E-state index contributed by atoms with van der Waals surface area (Å²) >= 11 is 0. The van der Waals surface area contributed by atoms with E-state index in [4.69, 9.17) is 0 Å². The molecule has 0 saturated carbocycles. The van der Waals surface area contributed by atoms with Gasteiger partial charge in [0.05, 0.1) is 0 Å². The lowest BCUT2D eigenvalue weighted by Gasteiger charge is -2.29. The average molecular weight is 166 g/mol. The summed E-state index contributed by atoms with van der Waals surface area (Å²) in [5.41, 5.74) is 0.333. The zero-order valence-corrected chi connectivity index (χ0v) is 8.30. The Balaban J connectivity index is 2.31. The van der Waals surface area contributed by atoms with Crippen LogP contribution < -0.4 is 0 Å². The van der Waals surface area contributed by atoms with Gasteiger partial charge in [0.1, 0.15) is 5.84 Å². The number of amidine groups is 1. The van der Waals surface area contributed by atoms with Crippen molar-refractivity contribution < 1.29 is 0 Å². The molecule has 1 unspecified atom stereocenters. The van der Waals surface area contributed by atoms with E-state index in [1.54, 1.807) is 0 Å². The summed E-state index contributed by atoms with van der Waals surface area (Å²) < 4.78 is 0. The van der Waals surface area contributed by atoms with Crippen LogP contribution in [0.5, 0.6) is 0 Å². The summed E-state index contributed by atoms with van der Waals surface area (Å²) in [4.78, 5) is 7.13. The van der Waals surface area contributed by atoms with Gasteiger partial charge in [0, 0.05) is 24.5 Å². The molecule has 68 valence electrons. The third-order valence-electron chi connectivity index (χ3n) is 3.03. The van der Waals surface area contributed by atoms with E-state index < -0.39 is 0 Å². The van der Waals surface area contributed by atoms with Gasteiger partial charge in [-0.2, -0.15) is 0 Å². The largest absolute Gasteiger partial charge is 0.357 e. The van der Waals surface area contributed by atoms with Gasteiger partial charge in [-0.1, -0.05) is 13.8 Å². The fourth-order valence-electron chi connectivity index (χ4n) is 2.59. The number of aliphatic imine (C=N–C) groups is 1. The molecule has 1 saturated heterocycles. The van der Waals surface area contributed by atoms with Crippen molar-refractivity contribution in [3.05, 3.63) is 0 Å². The molecule has 12 heavy (non-hydrogen) atoms. The van der Waals surface area contributed by atoms with Crippen LogP contribution in [0.15, 0.2) is 4.99 Å². The number of hydrogen-bond donors (Lipinski definition) is 0. The van der Waals surface area contributed by atoms with Crippen molar-refractivity contribution in [2.45, 2.75) is 39.7 Å². The number of nitrogens with zero attached hydrogens (tertiary/aromatic N) is 2. The van der Waals surface area contributed by atoms with Crippen LogP contribution in [-0.2, 0) is 0 Å². The normalized spacial score (nSPS) is 33.1. The molecule has 0 aliphatic carbocycles. The van der Waals surface area contributed by atoms with E-state index in [9.17, 15) is 0 Å². The summed E-state index contributed by atoms with van der Waals surface area (Å²) in [6, 6.07) is 0.707. The molecule has 0 aromatic heterocycles. The minimum absolute atomic E-state index is 0.333. The van der Waals surface area contributed by atoms with E-state index >= 15 is 0 Å². The third-order valence-corrected chi connectivity index (χ3v) is 3.03. The molecular formula is C10H18N2. The van der Waals surface area contributed by atoms with Gasteiger partial charge in [0.15, 0.2) is 0 Å². The van der Waals surface area contributed by atoms with E-state index in [-0.39, 0.29) is 0 Å². The minimum atomic E-state index is 0.333. The van der Waals surface area contributed by atoms with Gasteiger partial charge in [0.25, 0.3) is 0 Å². The quantitative estimate of drug-likeness (QED) is 0.536. The first-order valence-corrected chi connectivity index (χ1v) is 4.93. The first kappa shape index (κ1) is 8.09. The molecule has 1 fully saturated rings. The van der Waals surface area contributed by atoms with Gasteiger partial charge in [-0.3, -0.25) is 4.99 Å². The summed E-state index contributed by atoms with van der Waals surface area (Å²) in [6.07, 6.45) is 2.51. The number of fused-ring (bicyclic) bond motifs is 1. The Bertz CT molecular complexity index is 218. The Morgan fingerprint density at radius 3 is 2.92 bits per heavy atom. The van der Waals surface area contributed by atoms with Gasteiger partial charge in [-0.25, -0.2) is 0 Å². The predicted molar refractivity (Wildman–Crippen MR) is 51.5 cm³/mol. The summed E-state index contributed by atoms with van der Waals surface area (Å²) in [5.74, 6) is 1.36. The van der Waals surface area contributed by atoms with Crippen molar-refractivity contribution >= 4 is 5.84 Å². The van der Waals surface area contributed by atoms with Crippen molar-refractivity contribution in [3.8, 4) is 0 Å². The molecule has 2 aliphatic rings. The predicted octanol–water partition coefficient (Wildman–Crippen LogP) is 1.91. The topological polar surface area (TPSA) is 15.6 Å². The van der Waals surface area contributed by atoms with E-state index in [2.05, 4.69) is 30.7 Å². The Labute approximate surface area is 74.7 Å². The van der Waals surface area contributed by atoms with Crippen LogP contribution in [0.25, 0.3) is 0 Å². The molecule has 0 N–H and O–H groups in total. The second-order valence-electron chi connectivity index (χ2n) is 4.69. The van der Waals surface area contributed by atoms with Crippen molar-refractivity contribution in [3.63, 3.8) is 0 Å². The van der Waals surface area contributed by atoms with Crippen LogP contribution in [0.1, 0.15) is 33.6 Å². The molecule has 0 amide bonds. The van der Waals surface area contributed by atoms with Crippen LogP contribution >= 0.6 is 0 Å². The lowest BCUT2D eigenvalue weighted by Crippen LogP contribution is -2.38. The third kappa shape index (κ3) is 1.05. The molecule has 2 aliphatic heterocycles. The van der Waals surface area contributed by atoms with Crippen molar-refractivity contribution in [1.82, 2.24) is 4.90 Å². The van der Waals surface area contributed by atoms with E-state index in [1.165, 1.54) is 25.2 Å². The summed E-state index contributed by atoms with van der Waals surface area (Å²) in [6.45, 7) is 9.21. The molecule has 0 aromatic rings. The molecule has 0 aromatic carbocycles. The molecule has 2 rings (SSSR count). The van der Waals surface area contributed by atoms with Crippen LogP contribution in [0.3, 0.4) is 0 Å². The highest BCUT2D eigenvalue weighted by Crippen LogP contribution is 2.37. The van der Waals surface area contributed by atoms with E-state index in [0.717, 1.165) is 6.54 Å². The van der Waals surface area contributed by atoms with Gasteiger partial charge >= 0.3 is 0 Å². The smallest absolute Gasteiger partial charge is 0.105 e. The van der Waals surface area contributed by atoms with Gasteiger partial charge in [-0.15, -0.1) is 0 Å². The number of rotatable bonds is 0. The zero-order chi connectivity index (χ0) is 8.77. The summed E-state index contributed by atoms with van der Waals surface area (Å²) in [7, 11) is 0. The minimum Gasteiger partial charge on any atom is -0.357 e. The maximum Gasteiger partial charge on any atom is 0.105 e. The average Bonchev–Trinajstić information content (AvgIpc) is 2.25. The highest BCUT2D eigenvalue weighted by molar-refractivity contribution is 5.90. The van der Waals surface area contributed by atoms with Crippen LogP contribution in [-0.4, -0.2) is 29.9 Å². The zero-order valence-electron chi connectivity index (χ0n) is 8.30. The van der Waals surface area contributed by atoms with Crippen molar-refractivity contribution in [2.75, 3.05) is 13.1 Å². The molecule has 2 heterocycles. The van der Waals surface area contributed by atoms with E-state index in [1.807, 2.05) is 0 Å².